The molecule has 1 aromatic heterocycles. The molecule has 1 aliphatic rings. The van der Waals surface area contributed by atoms with Crippen LogP contribution in [0, 0.1) is 0 Å². The number of halogens is 1. The van der Waals surface area contributed by atoms with E-state index < -0.39 is 0 Å². The van der Waals surface area contributed by atoms with Crippen LogP contribution >= 0.6 is 28.3 Å². The van der Waals surface area contributed by atoms with Crippen molar-refractivity contribution in [1.82, 2.24) is 4.98 Å². The second kappa shape index (κ2) is 3.53. The molecule has 2 N–H and O–H groups in total. The summed E-state index contributed by atoms with van der Waals surface area (Å²) in [5.41, 5.74) is 6.53. The quantitative estimate of drug-likeness (QED) is 0.755. The van der Waals surface area contributed by atoms with E-state index in [0.717, 1.165) is 17.0 Å². The first-order chi connectivity index (χ1) is 5.25. The van der Waals surface area contributed by atoms with Gasteiger partial charge in [-0.05, 0) is 6.42 Å². The molecular formula is C7H9BrN2OS. The van der Waals surface area contributed by atoms with Gasteiger partial charge >= 0.3 is 0 Å². The van der Waals surface area contributed by atoms with E-state index in [2.05, 4.69) is 4.98 Å². The molecule has 0 radical (unpaired) electrons. The third kappa shape index (κ3) is 1.67. The molecule has 1 heterocycles. The van der Waals surface area contributed by atoms with Gasteiger partial charge in [-0.25, -0.2) is 4.98 Å². The Morgan fingerprint density at radius 3 is 2.92 bits per heavy atom. The minimum atomic E-state index is 0. The van der Waals surface area contributed by atoms with Crippen molar-refractivity contribution in [3.05, 3.63) is 10.6 Å². The monoisotopic (exact) mass is 248 g/mol. The Hall–Kier alpha value is -0.420. The number of carbonyl (C=O) groups excluding carboxylic acids is 1. The van der Waals surface area contributed by atoms with Crippen LogP contribution in [-0.4, -0.2) is 10.8 Å². The number of carbonyl (C=O) groups is 1. The van der Waals surface area contributed by atoms with Crippen molar-refractivity contribution >= 4 is 39.2 Å². The Bertz CT molecular complexity index is 310. The lowest BCUT2D eigenvalue weighted by molar-refractivity contribution is -0.118. The molecule has 1 aromatic rings. The van der Waals surface area contributed by atoms with Gasteiger partial charge in [-0.15, -0.1) is 28.3 Å². The van der Waals surface area contributed by atoms with Gasteiger partial charge in [-0.1, -0.05) is 0 Å². The first-order valence-electron chi connectivity index (χ1n) is 3.51. The average Bonchev–Trinajstić information content (AvgIpc) is 2.27. The standard InChI is InChI=1S/C7H8N2OS.BrH/c8-7-9-5-2-1-4(10)3-6(5)11-7;/h1-3H2,(H2,8,9);1H. The number of hydrogen-bond donors (Lipinski definition) is 1. The topological polar surface area (TPSA) is 56.0 Å². The summed E-state index contributed by atoms with van der Waals surface area (Å²) in [5.74, 6) is 0.307. The molecule has 0 atom stereocenters. The molecule has 0 spiro atoms. The first-order valence-corrected chi connectivity index (χ1v) is 4.33. The van der Waals surface area contributed by atoms with Crippen molar-refractivity contribution in [2.75, 3.05) is 5.73 Å². The molecule has 0 bridgehead atoms. The van der Waals surface area contributed by atoms with Crippen molar-refractivity contribution in [1.29, 1.82) is 0 Å². The lowest BCUT2D eigenvalue weighted by Gasteiger charge is -2.06. The van der Waals surface area contributed by atoms with Crippen LogP contribution in [0.4, 0.5) is 5.13 Å². The van der Waals surface area contributed by atoms with Crippen LogP contribution in [0.3, 0.4) is 0 Å². The first kappa shape index (κ1) is 9.67. The maximum absolute atomic E-state index is 11.0. The third-order valence-corrected chi connectivity index (χ3v) is 2.72. The number of fused-ring (bicyclic) bond motifs is 1. The second-order valence-corrected chi connectivity index (χ2v) is 3.75. The van der Waals surface area contributed by atoms with E-state index in [1.165, 1.54) is 11.3 Å². The van der Waals surface area contributed by atoms with Gasteiger partial charge in [0.05, 0.1) is 5.69 Å². The number of nitrogens with two attached hydrogens (primary N) is 1. The number of hydrogen-bond acceptors (Lipinski definition) is 4. The fourth-order valence-electron chi connectivity index (χ4n) is 1.26. The van der Waals surface area contributed by atoms with Crippen LogP contribution in [0.1, 0.15) is 17.0 Å². The molecule has 0 aliphatic heterocycles. The molecule has 0 saturated carbocycles. The van der Waals surface area contributed by atoms with Crippen molar-refractivity contribution in [2.45, 2.75) is 19.3 Å². The van der Waals surface area contributed by atoms with E-state index in [4.69, 9.17) is 5.73 Å². The Morgan fingerprint density at radius 2 is 2.17 bits per heavy atom. The predicted molar refractivity (Wildman–Crippen MR) is 53.9 cm³/mol. The minimum absolute atomic E-state index is 0. The predicted octanol–water partition coefficient (Wildman–Crippen LogP) is 1.36. The fraction of sp³-hybridized carbons (Fsp3) is 0.429. The van der Waals surface area contributed by atoms with E-state index in [1.807, 2.05) is 0 Å². The number of aromatic nitrogens is 1. The molecule has 5 heteroatoms. The largest absolute Gasteiger partial charge is 0.375 e. The average molecular weight is 249 g/mol. The zero-order chi connectivity index (χ0) is 7.84. The van der Waals surface area contributed by atoms with Crippen molar-refractivity contribution < 1.29 is 4.79 Å². The van der Waals surface area contributed by atoms with E-state index in [-0.39, 0.29) is 17.0 Å². The normalized spacial score (nSPS) is 15.2. The number of nitrogen functional groups attached to an aromatic ring is 1. The van der Waals surface area contributed by atoms with E-state index in [1.54, 1.807) is 0 Å². The smallest absolute Gasteiger partial charge is 0.180 e. The number of ketones is 1. The summed E-state index contributed by atoms with van der Waals surface area (Å²) in [4.78, 5) is 16.2. The molecule has 12 heavy (non-hydrogen) atoms. The van der Waals surface area contributed by atoms with Gasteiger partial charge in [0.15, 0.2) is 5.13 Å². The van der Waals surface area contributed by atoms with Gasteiger partial charge in [-0.3, -0.25) is 4.79 Å². The zero-order valence-corrected chi connectivity index (χ0v) is 8.90. The van der Waals surface area contributed by atoms with Crippen LogP contribution < -0.4 is 5.73 Å². The maximum Gasteiger partial charge on any atom is 0.180 e. The third-order valence-electron chi connectivity index (χ3n) is 1.79. The molecule has 0 aromatic carbocycles. The number of rotatable bonds is 0. The number of nitrogens with zero attached hydrogens (tertiary/aromatic N) is 1. The van der Waals surface area contributed by atoms with E-state index in [0.29, 0.717) is 23.8 Å². The zero-order valence-electron chi connectivity index (χ0n) is 6.37. The molecule has 3 nitrogen and oxygen atoms in total. The molecule has 2 rings (SSSR count). The fourth-order valence-corrected chi connectivity index (χ4v) is 2.17. The molecule has 0 amide bonds. The molecule has 0 unspecified atom stereocenters. The van der Waals surface area contributed by atoms with E-state index >= 15 is 0 Å². The lowest BCUT2D eigenvalue weighted by atomic mass is 10.0. The summed E-state index contributed by atoms with van der Waals surface area (Å²) >= 11 is 1.44. The second-order valence-electron chi connectivity index (χ2n) is 2.64. The molecule has 1 aliphatic carbocycles. The number of anilines is 1. The Kier molecular flexibility index (Phi) is 2.85. The van der Waals surface area contributed by atoms with Gasteiger partial charge < -0.3 is 5.73 Å². The Balaban J connectivity index is 0.000000720. The highest BCUT2D eigenvalue weighted by Crippen LogP contribution is 2.26. The summed E-state index contributed by atoms with van der Waals surface area (Å²) in [5, 5.41) is 0.588. The molecular weight excluding hydrogens is 240 g/mol. The van der Waals surface area contributed by atoms with Crippen LogP contribution in [0.25, 0.3) is 0 Å². The Morgan fingerprint density at radius 1 is 1.42 bits per heavy atom. The lowest BCUT2D eigenvalue weighted by Crippen LogP contribution is -2.11. The molecule has 66 valence electrons. The summed E-state index contributed by atoms with van der Waals surface area (Å²) in [6.45, 7) is 0. The summed E-state index contributed by atoms with van der Waals surface area (Å²) in [6, 6.07) is 0. The number of Topliss-reactive ketones (excluding diaryl/α,β-unsaturated/α-hetero) is 1. The van der Waals surface area contributed by atoms with Crippen LogP contribution in [0.15, 0.2) is 0 Å². The highest BCUT2D eigenvalue weighted by atomic mass is 79.9. The van der Waals surface area contributed by atoms with Gasteiger partial charge in [0, 0.05) is 17.7 Å². The Labute approximate surface area is 84.8 Å². The number of aryl methyl sites for hydroxylation is 1. The highest BCUT2D eigenvalue weighted by molar-refractivity contribution is 8.93. The summed E-state index contributed by atoms with van der Waals surface area (Å²) < 4.78 is 0. The van der Waals surface area contributed by atoms with Gasteiger partial charge in [0.2, 0.25) is 0 Å². The molecule has 0 fully saturated rings. The van der Waals surface area contributed by atoms with Crippen molar-refractivity contribution in [3.8, 4) is 0 Å². The van der Waals surface area contributed by atoms with Gasteiger partial charge in [0.1, 0.15) is 5.78 Å². The van der Waals surface area contributed by atoms with Crippen molar-refractivity contribution in [3.63, 3.8) is 0 Å². The SMILES string of the molecule is Br.Nc1nc2c(s1)CC(=O)CC2. The van der Waals surface area contributed by atoms with Crippen LogP contribution in [0.5, 0.6) is 0 Å². The summed E-state index contributed by atoms with van der Waals surface area (Å²) in [6.07, 6.45) is 1.96. The highest BCUT2D eigenvalue weighted by Gasteiger charge is 2.18. The summed E-state index contributed by atoms with van der Waals surface area (Å²) in [7, 11) is 0. The molecule has 0 saturated heterocycles. The van der Waals surface area contributed by atoms with Crippen LogP contribution in [-0.2, 0) is 17.6 Å². The van der Waals surface area contributed by atoms with Crippen molar-refractivity contribution in [2.24, 2.45) is 0 Å². The van der Waals surface area contributed by atoms with E-state index in [9.17, 15) is 4.79 Å². The van der Waals surface area contributed by atoms with Crippen LogP contribution in [0.2, 0.25) is 0 Å². The van der Waals surface area contributed by atoms with Gasteiger partial charge in [-0.2, -0.15) is 0 Å². The maximum atomic E-state index is 11.0. The van der Waals surface area contributed by atoms with Gasteiger partial charge in [0.25, 0.3) is 0 Å². The minimum Gasteiger partial charge on any atom is -0.375 e. The number of thiazole rings is 1.